The third-order valence-electron chi connectivity index (χ3n) is 4.48. The van der Waals surface area contributed by atoms with Crippen LogP contribution in [0.4, 0.5) is 0 Å². The third-order valence-corrected chi connectivity index (χ3v) is 5.46. The van der Waals surface area contributed by atoms with Crippen LogP contribution >= 0.6 is 11.8 Å². The van der Waals surface area contributed by atoms with Crippen molar-refractivity contribution in [3.63, 3.8) is 0 Å². The van der Waals surface area contributed by atoms with Crippen LogP contribution in [-0.2, 0) is 4.74 Å². The summed E-state index contributed by atoms with van der Waals surface area (Å²) in [6, 6.07) is 0.848. The van der Waals surface area contributed by atoms with Gasteiger partial charge in [0, 0.05) is 18.7 Å². The van der Waals surface area contributed by atoms with E-state index in [1.165, 1.54) is 11.5 Å². The predicted octanol–water partition coefficient (Wildman–Crippen LogP) is 1.89. The lowest BCUT2D eigenvalue weighted by molar-refractivity contribution is -0.112. The van der Waals surface area contributed by atoms with Crippen molar-refractivity contribution in [3.05, 3.63) is 0 Å². The highest BCUT2D eigenvalue weighted by molar-refractivity contribution is 7.99. The van der Waals surface area contributed by atoms with Crippen molar-refractivity contribution in [2.45, 2.75) is 57.2 Å². The van der Waals surface area contributed by atoms with Gasteiger partial charge in [-0.05, 0) is 51.0 Å². The maximum atomic E-state index is 8.81. The Morgan fingerprint density at radius 3 is 2.80 bits per heavy atom. The minimum absolute atomic E-state index is 0.0758. The number of nitrogens with zero attached hydrogens (tertiary/aromatic N) is 2. The van der Waals surface area contributed by atoms with Crippen molar-refractivity contribution in [2.75, 3.05) is 24.7 Å². The molecule has 6 heteroatoms. The van der Waals surface area contributed by atoms with Crippen molar-refractivity contribution in [3.8, 4) is 0 Å². The quantitative estimate of drug-likeness (QED) is 0.359. The fourth-order valence-corrected chi connectivity index (χ4v) is 4.57. The van der Waals surface area contributed by atoms with E-state index in [4.69, 9.17) is 15.7 Å². The van der Waals surface area contributed by atoms with Crippen molar-refractivity contribution < 1.29 is 9.94 Å². The highest BCUT2D eigenvalue weighted by atomic mass is 32.2. The molecule has 2 saturated heterocycles. The Morgan fingerprint density at radius 1 is 1.50 bits per heavy atom. The minimum Gasteiger partial charge on any atom is -0.409 e. The first-order valence-electron chi connectivity index (χ1n) is 7.50. The Hall–Kier alpha value is -0.460. The molecular formula is C14H27N3O2S. The molecule has 2 heterocycles. The largest absolute Gasteiger partial charge is 0.409 e. The number of hydrogen-bond donors (Lipinski definition) is 2. The normalized spacial score (nSPS) is 27.4. The van der Waals surface area contributed by atoms with Crippen LogP contribution in [0.1, 0.15) is 39.5 Å². The third kappa shape index (κ3) is 3.80. The van der Waals surface area contributed by atoms with Crippen LogP contribution in [0, 0.1) is 0 Å². The number of nitrogens with two attached hydrogens (primary N) is 1. The van der Waals surface area contributed by atoms with Gasteiger partial charge in [0.25, 0.3) is 0 Å². The summed E-state index contributed by atoms with van der Waals surface area (Å²) >= 11 is 2.03. The SMILES string of the molecule is CC(C)N(CC(N)=NO)C1CCOC2(CCSCC2)C1. The average molecular weight is 301 g/mol. The number of hydrogen-bond acceptors (Lipinski definition) is 5. The molecule has 0 aliphatic carbocycles. The zero-order valence-electron chi connectivity index (χ0n) is 12.5. The summed E-state index contributed by atoms with van der Waals surface area (Å²) in [4.78, 5) is 2.35. The fourth-order valence-electron chi connectivity index (χ4n) is 3.33. The molecule has 0 amide bonds. The highest BCUT2D eigenvalue weighted by Gasteiger charge is 2.41. The van der Waals surface area contributed by atoms with E-state index in [0.717, 1.165) is 32.3 Å². The van der Waals surface area contributed by atoms with Crippen LogP contribution in [0.3, 0.4) is 0 Å². The molecule has 1 unspecified atom stereocenters. The number of oxime groups is 1. The van der Waals surface area contributed by atoms with Gasteiger partial charge in [0.1, 0.15) is 0 Å². The molecule has 1 atom stereocenters. The maximum Gasteiger partial charge on any atom is 0.153 e. The van der Waals surface area contributed by atoms with Gasteiger partial charge in [-0.3, -0.25) is 4.90 Å². The summed E-state index contributed by atoms with van der Waals surface area (Å²) in [5, 5.41) is 11.9. The summed E-state index contributed by atoms with van der Waals surface area (Å²) in [5.41, 5.74) is 5.79. The molecular weight excluding hydrogens is 274 g/mol. The van der Waals surface area contributed by atoms with Gasteiger partial charge < -0.3 is 15.7 Å². The van der Waals surface area contributed by atoms with Crippen molar-refractivity contribution in [2.24, 2.45) is 10.9 Å². The molecule has 5 nitrogen and oxygen atoms in total. The zero-order chi connectivity index (χ0) is 14.6. The van der Waals surface area contributed by atoms with Gasteiger partial charge in [0.15, 0.2) is 5.84 Å². The lowest BCUT2D eigenvalue weighted by atomic mass is 9.84. The van der Waals surface area contributed by atoms with Crippen LogP contribution in [0.25, 0.3) is 0 Å². The van der Waals surface area contributed by atoms with Crippen LogP contribution in [0.15, 0.2) is 5.16 Å². The second-order valence-corrected chi connectivity index (χ2v) is 7.37. The fraction of sp³-hybridized carbons (Fsp3) is 0.929. The van der Waals surface area contributed by atoms with Gasteiger partial charge in [0.2, 0.25) is 0 Å². The molecule has 0 aromatic heterocycles. The van der Waals surface area contributed by atoms with E-state index in [9.17, 15) is 0 Å². The van der Waals surface area contributed by atoms with Crippen molar-refractivity contribution in [1.82, 2.24) is 4.90 Å². The highest BCUT2D eigenvalue weighted by Crippen LogP contribution is 2.39. The first-order chi connectivity index (χ1) is 9.56. The lowest BCUT2D eigenvalue weighted by Gasteiger charge is -2.47. The van der Waals surface area contributed by atoms with Crippen LogP contribution in [-0.4, -0.2) is 58.3 Å². The molecule has 0 aromatic rings. The molecule has 2 aliphatic heterocycles. The van der Waals surface area contributed by atoms with Gasteiger partial charge in [-0.25, -0.2) is 0 Å². The monoisotopic (exact) mass is 301 g/mol. The molecule has 20 heavy (non-hydrogen) atoms. The molecule has 116 valence electrons. The molecule has 2 fully saturated rings. The summed E-state index contributed by atoms with van der Waals surface area (Å²) in [5.74, 6) is 2.70. The van der Waals surface area contributed by atoms with Gasteiger partial charge in [-0.15, -0.1) is 0 Å². The zero-order valence-corrected chi connectivity index (χ0v) is 13.4. The molecule has 2 aliphatic rings. The molecule has 2 rings (SSSR count). The smallest absolute Gasteiger partial charge is 0.153 e. The van der Waals surface area contributed by atoms with Gasteiger partial charge in [-0.2, -0.15) is 11.8 Å². The van der Waals surface area contributed by atoms with E-state index in [-0.39, 0.29) is 5.60 Å². The van der Waals surface area contributed by atoms with Crippen LogP contribution in [0.5, 0.6) is 0 Å². The van der Waals surface area contributed by atoms with E-state index in [0.29, 0.717) is 24.5 Å². The molecule has 1 spiro atoms. The number of ether oxygens (including phenoxy) is 1. The minimum atomic E-state index is 0.0758. The van der Waals surface area contributed by atoms with Crippen LogP contribution in [0.2, 0.25) is 0 Å². The number of thioether (sulfide) groups is 1. The summed E-state index contributed by atoms with van der Waals surface area (Å²) in [7, 11) is 0. The maximum absolute atomic E-state index is 8.81. The lowest BCUT2D eigenvalue weighted by Crippen LogP contribution is -2.53. The average Bonchev–Trinajstić information content (AvgIpc) is 2.45. The topological polar surface area (TPSA) is 71.1 Å². The first-order valence-corrected chi connectivity index (χ1v) is 8.66. The molecule has 3 N–H and O–H groups in total. The Kier molecular flexibility index (Phi) is 5.57. The second kappa shape index (κ2) is 7.00. The Morgan fingerprint density at radius 2 is 2.20 bits per heavy atom. The molecule has 0 saturated carbocycles. The number of amidine groups is 1. The predicted molar refractivity (Wildman–Crippen MR) is 83.5 cm³/mol. The van der Waals surface area contributed by atoms with Crippen molar-refractivity contribution >= 4 is 17.6 Å². The van der Waals surface area contributed by atoms with E-state index < -0.39 is 0 Å². The van der Waals surface area contributed by atoms with Gasteiger partial charge in [0.05, 0.1) is 12.1 Å². The Balaban J connectivity index is 2.04. The van der Waals surface area contributed by atoms with E-state index >= 15 is 0 Å². The second-order valence-electron chi connectivity index (χ2n) is 6.15. The summed E-state index contributed by atoms with van der Waals surface area (Å²) in [6.45, 7) is 5.70. The Bertz CT molecular complexity index is 338. The van der Waals surface area contributed by atoms with Crippen LogP contribution < -0.4 is 5.73 Å². The van der Waals surface area contributed by atoms with Crippen molar-refractivity contribution in [1.29, 1.82) is 0 Å². The van der Waals surface area contributed by atoms with E-state index in [1.807, 2.05) is 11.8 Å². The van der Waals surface area contributed by atoms with Gasteiger partial charge >= 0.3 is 0 Å². The van der Waals surface area contributed by atoms with E-state index in [2.05, 4.69) is 23.9 Å². The summed E-state index contributed by atoms with van der Waals surface area (Å²) < 4.78 is 6.15. The molecule has 0 bridgehead atoms. The molecule has 0 radical (unpaired) electrons. The first kappa shape index (κ1) is 15.9. The number of rotatable bonds is 4. The molecule has 0 aromatic carbocycles. The Labute approximate surface area is 125 Å². The standard InChI is InChI=1S/C14H27N3O2S/c1-11(2)17(10-13(15)16-18)12-3-6-19-14(9-12)4-7-20-8-5-14/h11-12,18H,3-10H2,1-2H3,(H2,15,16). The van der Waals surface area contributed by atoms with E-state index in [1.54, 1.807) is 0 Å². The summed E-state index contributed by atoms with van der Waals surface area (Å²) in [6.07, 6.45) is 4.42. The van der Waals surface area contributed by atoms with Gasteiger partial charge in [-0.1, -0.05) is 5.16 Å².